The van der Waals surface area contributed by atoms with E-state index in [0.29, 0.717) is 43.3 Å². The summed E-state index contributed by atoms with van der Waals surface area (Å²) in [6, 6.07) is 9.47. The van der Waals surface area contributed by atoms with Gasteiger partial charge in [0.05, 0.1) is 18.3 Å². The number of β-amino-alcohol motifs (C(OH)–C–C–N with tert-alkyl or cyclic N) is 1. The van der Waals surface area contributed by atoms with Gasteiger partial charge in [-0.1, -0.05) is 18.2 Å². The van der Waals surface area contributed by atoms with Crippen LogP contribution < -0.4 is 4.74 Å². The van der Waals surface area contributed by atoms with Gasteiger partial charge >= 0.3 is 0 Å². The smallest absolute Gasteiger partial charge is 0.257 e. The number of halogens is 3. The van der Waals surface area contributed by atoms with Crippen molar-refractivity contribution in [2.24, 2.45) is 5.92 Å². The van der Waals surface area contributed by atoms with Gasteiger partial charge < -0.3 is 19.6 Å². The average Bonchev–Trinajstić information content (AvgIpc) is 3.26. The summed E-state index contributed by atoms with van der Waals surface area (Å²) in [5.41, 5.74) is -0.982. The molecule has 0 spiro atoms. The van der Waals surface area contributed by atoms with Gasteiger partial charge in [0.1, 0.15) is 11.4 Å². The highest BCUT2D eigenvalue weighted by Gasteiger charge is 2.29. The molecule has 190 valence electrons. The molecule has 1 atom stereocenters. The van der Waals surface area contributed by atoms with Gasteiger partial charge in [-0.25, -0.2) is 13.2 Å². The minimum absolute atomic E-state index is 0.0650. The Morgan fingerprint density at radius 1 is 1.03 bits per heavy atom. The van der Waals surface area contributed by atoms with Crippen LogP contribution in [-0.4, -0.2) is 71.9 Å². The van der Waals surface area contributed by atoms with Gasteiger partial charge in [-0.2, -0.15) is 0 Å². The number of aliphatic hydroxyl groups is 1. The van der Waals surface area contributed by atoms with Gasteiger partial charge in [0.15, 0.2) is 11.6 Å². The van der Waals surface area contributed by atoms with E-state index >= 15 is 0 Å². The molecule has 0 aromatic heterocycles. The first kappa shape index (κ1) is 25.5. The van der Waals surface area contributed by atoms with Crippen LogP contribution in [0.15, 0.2) is 36.4 Å². The van der Waals surface area contributed by atoms with Crippen molar-refractivity contribution >= 4 is 5.91 Å². The van der Waals surface area contributed by atoms with Gasteiger partial charge in [0.2, 0.25) is 0 Å². The first-order valence-corrected chi connectivity index (χ1v) is 12.2. The predicted molar refractivity (Wildman–Crippen MR) is 128 cm³/mol. The van der Waals surface area contributed by atoms with E-state index in [1.807, 2.05) is 0 Å². The van der Waals surface area contributed by atoms with Crippen LogP contribution in [-0.2, 0) is 0 Å². The van der Waals surface area contributed by atoms with Crippen LogP contribution >= 0.6 is 0 Å². The van der Waals surface area contributed by atoms with E-state index in [2.05, 4.69) is 4.90 Å². The minimum Gasteiger partial charge on any atom is -0.493 e. The standard InChI is InChI=1S/C27H33F3N2O3/c1-27(2,30)17-31-12-9-18(10-13-31)16-35-21-5-3-19(4-6-21)22-7-8-23(25(29)24(22)28)26(34)32-14-11-20(33)15-32/h3-8,18,20,33H,9-17H2,1-2H3. The lowest BCUT2D eigenvalue weighted by Crippen LogP contribution is -2.41. The topological polar surface area (TPSA) is 53.0 Å². The van der Waals surface area contributed by atoms with Gasteiger partial charge in [0, 0.05) is 25.2 Å². The zero-order valence-corrected chi connectivity index (χ0v) is 20.3. The highest BCUT2D eigenvalue weighted by atomic mass is 19.2. The number of piperidine rings is 1. The Balaban J connectivity index is 1.34. The summed E-state index contributed by atoms with van der Waals surface area (Å²) >= 11 is 0. The molecule has 2 aliphatic heterocycles. The van der Waals surface area contributed by atoms with E-state index in [1.165, 1.54) is 17.0 Å². The summed E-state index contributed by atoms with van der Waals surface area (Å²) in [6.07, 6.45) is 1.69. The Bertz CT molecular complexity index is 1030. The van der Waals surface area contributed by atoms with Crippen molar-refractivity contribution in [2.45, 2.75) is 44.9 Å². The number of carbonyl (C=O) groups excluding carboxylic acids is 1. The molecule has 2 fully saturated rings. The van der Waals surface area contributed by atoms with E-state index in [9.17, 15) is 23.1 Å². The summed E-state index contributed by atoms with van der Waals surface area (Å²) in [5.74, 6) is -1.85. The Labute approximate surface area is 204 Å². The van der Waals surface area contributed by atoms with Crippen LogP contribution in [0.2, 0.25) is 0 Å². The van der Waals surface area contributed by atoms with Crippen LogP contribution in [0.25, 0.3) is 11.1 Å². The number of carbonyl (C=O) groups is 1. The van der Waals surface area contributed by atoms with E-state index in [1.54, 1.807) is 38.1 Å². The molecule has 1 N–H and O–H groups in total. The molecule has 2 aliphatic rings. The molecule has 0 radical (unpaired) electrons. The maximum absolute atomic E-state index is 14.8. The molecule has 2 saturated heterocycles. The molecule has 2 aromatic carbocycles. The highest BCUT2D eigenvalue weighted by molar-refractivity contribution is 5.95. The molecule has 0 saturated carbocycles. The number of amides is 1. The van der Waals surface area contributed by atoms with Crippen molar-refractivity contribution in [2.75, 3.05) is 39.3 Å². The Morgan fingerprint density at radius 3 is 2.31 bits per heavy atom. The maximum Gasteiger partial charge on any atom is 0.257 e. The summed E-state index contributed by atoms with van der Waals surface area (Å²) < 4.78 is 49.3. The Hall–Kier alpha value is -2.58. The lowest BCUT2D eigenvalue weighted by molar-refractivity contribution is 0.0759. The molecule has 35 heavy (non-hydrogen) atoms. The van der Waals surface area contributed by atoms with Crippen LogP contribution in [0.5, 0.6) is 5.75 Å². The second-order valence-electron chi connectivity index (χ2n) is 10.3. The maximum atomic E-state index is 14.8. The SMILES string of the molecule is CC(C)(F)CN1CCC(COc2ccc(-c3ccc(C(=O)N4CCC(O)C4)c(F)c3F)cc2)CC1. The van der Waals surface area contributed by atoms with Crippen LogP contribution in [0, 0.1) is 17.6 Å². The fourth-order valence-corrected chi connectivity index (χ4v) is 4.82. The second kappa shape index (κ2) is 10.6. The number of hydrogen-bond donors (Lipinski definition) is 1. The van der Waals surface area contributed by atoms with E-state index in [-0.39, 0.29) is 17.7 Å². The minimum atomic E-state index is -1.19. The molecule has 0 aliphatic carbocycles. The number of nitrogens with zero attached hydrogens (tertiary/aromatic N) is 2. The lowest BCUT2D eigenvalue weighted by atomic mass is 9.97. The van der Waals surface area contributed by atoms with Crippen molar-refractivity contribution in [3.8, 4) is 16.9 Å². The molecule has 5 nitrogen and oxygen atoms in total. The van der Waals surface area contributed by atoms with E-state index < -0.39 is 29.3 Å². The molecule has 2 aromatic rings. The van der Waals surface area contributed by atoms with Gasteiger partial charge in [-0.15, -0.1) is 0 Å². The van der Waals surface area contributed by atoms with Crippen molar-refractivity contribution in [3.05, 3.63) is 53.6 Å². The summed E-state index contributed by atoms with van der Waals surface area (Å²) in [7, 11) is 0. The number of rotatable bonds is 7. The third-order valence-corrected chi connectivity index (χ3v) is 6.72. The van der Waals surface area contributed by atoms with Gasteiger partial charge in [0.25, 0.3) is 5.91 Å². The van der Waals surface area contributed by atoms with Crippen molar-refractivity contribution in [3.63, 3.8) is 0 Å². The average molecular weight is 491 g/mol. The van der Waals surface area contributed by atoms with E-state index in [4.69, 9.17) is 4.74 Å². The molecule has 1 unspecified atom stereocenters. The largest absolute Gasteiger partial charge is 0.493 e. The summed E-state index contributed by atoms with van der Waals surface area (Å²) in [5, 5.41) is 9.61. The number of alkyl halides is 1. The van der Waals surface area contributed by atoms with Crippen molar-refractivity contribution in [1.29, 1.82) is 0 Å². The summed E-state index contributed by atoms with van der Waals surface area (Å²) in [6.45, 7) is 6.33. The molecule has 4 rings (SSSR count). The lowest BCUT2D eigenvalue weighted by Gasteiger charge is -2.34. The zero-order valence-electron chi connectivity index (χ0n) is 20.3. The highest BCUT2D eigenvalue weighted by Crippen LogP contribution is 2.29. The zero-order chi connectivity index (χ0) is 25.2. The van der Waals surface area contributed by atoms with Crippen molar-refractivity contribution in [1.82, 2.24) is 9.80 Å². The van der Waals surface area contributed by atoms with Gasteiger partial charge in [-0.05, 0) is 75.9 Å². The predicted octanol–water partition coefficient (Wildman–Crippen LogP) is 4.68. The van der Waals surface area contributed by atoms with Crippen LogP contribution in [0.4, 0.5) is 13.2 Å². The molecule has 1 amide bonds. The molecule has 2 heterocycles. The monoisotopic (exact) mass is 490 g/mol. The number of ether oxygens (including phenoxy) is 1. The molecular weight excluding hydrogens is 457 g/mol. The van der Waals surface area contributed by atoms with Crippen molar-refractivity contribution < 1.29 is 27.8 Å². The summed E-state index contributed by atoms with van der Waals surface area (Å²) in [4.78, 5) is 16.0. The first-order chi connectivity index (χ1) is 16.6. The fourth-order valence-electron chi connectivity index (χ4n) is 4.82. The number of aliphatic hydroxyl groups excluding tert-OH is 1. The first-order valence-electron chi connectivity index (χ1n) is 12.2. The fraction of sp³-hybridized carbons (Fsp3) is 0.519. The third kappa shape index (κ3) is 6.35. The van der Waals surface area contributed by atoms with Crippen LogP contribution in [0.1, 0.15) is 43.5 Å². The Kier molecular flexibility index (Phi) is 7.71. The number of benzene rings is 2. The number of likely N-dealkylation sites (tertiary alicyclic amines) is 2. The molecular formula is C27H33F3N2O3. The van der Waals surface area contributed by atoms with Gasteiger partial charge in [-0.3, -0.25) is 4.79 Å². The normalized spacial score (nSPS) is 19.8. The quantitative estimate of drug-likeness (QED) is 0.613. The van der Waals surface area contributed by atoms with Crippen LogP contribution in [0.3, 0.4) is 0 Å². The van der Waals surface area contributed by atoms with E-state index in [0.717, 1.165) is 25.9 Å². The Morgan fingerprint density at radius 2 is 1.71 bits per heavy atom. The number of hydrogen-bond acceptors (Lipinski definition) is 4. The molecule has 0 bridgehead atoms. The molecule has 8 heteroatoms. The third-order valence-electron chi connectivity index (χ3n) is 6.72. The second-order valence-corrected chi connectivity index (χ2v) is 10.3.